The molecule has 1 aliphatic heterocycles. The maximum Gasteiger partial charge on any atom is 0.239 e. The second-order valence-electron chi connectivity index (χ2n) is 4.93. The molecule has 0 spiro atoms. The van der Waals surface area contributed by atoms with Gasteiger partial charge in [-0.15, -0.1) is 12.4 Å². The summed E-state index contributed by atoms with van der Waals surface area (Å²) in [5, 5.41) is 6.07. The van der Waals surface area contributed by atoms with Gasteiger partial charge in [0.25, 0.3) is 0 Å². The van der Waals surface area contributed by atoms with Crippen molar-refractivity contribution in [3.05, 3.63) is 29.3 Å². The first-order valence-corrected chi connectivity index (χ1v) is 6.93. The Bertz CT molecular complexity index is 462. The summed E-state index contributed by atoms with van der Waals surface area (Å²) in [5.41, 5.74) is 2.27. The predicted molar refractivity (Wildman–Crippen MR) is 84.3 cm³/mol. The molecule has 1 aromatic rings. The Morgan fingerprint density at radius 3 is 3.00 bits per heavy atom. The molecule has 1 fully saturated rings. The van der Waals surface area contributed by atoms with Gasteiger partial charge in [0.05, 0.1) is 20.3 Å². The topological polar surface area (TPSA) is 59.6 Å². The van der Waals surface area contributed by atoms with Crippen molar-refractivity contribution in [3.8, 4) is 5.75 Å². The largest absolute Gasteiger partial charge is 0.496 e. The number of carbonyl (C=O) groups excluding carboxylic acids is 1. The molecular weight excluding hydrogens is 292 g/mol. The summed E-state index contributed by atoms with van der Waals surface area (Å²) in [6, 6.07) is 5.89. The number of halogens is 1. The van der Waals surface area contributed by atoms with Crippen LogP contribution in [0.25, 0.3) is 0 Å². The lowest BCUT2D eigenvalue weighted by Gasteiger charge is -2.22. The van der Waals surface area contributed by atoms with Crippen LogP contribution in [-0.2, 0) is 16.0 Å². The second-order valence-corrected chi connectivity index (χ2v) is 4.93. The van der Waals surface area contributed by atoms with E-state index in [2.05, 4.69) is 16.7 Å². The molecule has 2 N–H and O–H groups in total. The van der Waals surface area contributed by atoms with E-state index >= 15 is 0 Å². The molecule has 118 valence electrons. The van der Waals surface area contributed by atoms with Crippen LogP contribution in [0.3, 0.4) is 0 Å². The Balaban J connectivity index is 0.00000220. The van der Waals surface area contributed by atoms with Gasteiger partial charge in [-0.25, -0.2) is 0 Å². The van der Waals surface area contributed by atoms with Crippen molar-refractivity contribution in [1.29, 1.82) is 0 Å². The van der Waals surface area contributed by atoms with Gasteiger partial charge >= 0.3 is 0 Å². The third-order valence-electron chi connectivity index (χ3n) is 3.42. The standard InChI is InChI=1S/C15H22N2O3.ClH/c1-11-3-4-12(9-14(11)19-2)5-6-17-15(18)13-10-20-8-7-16-13;/h3-4,9,13,16H,5-8,10H2,1-2H3,(H,17,18);1H. The van der Waals surface area contributed by atoms with Gasteiger partial charge in [-0.1, -0.05) is 12.1 Å². The highest BCUT2D eigenvalue weighted by molar-refractivity contribution is 5.85. The van der Waals surface area contributed by atoms with Gasteiger partial charge in [0, 0.05) is 13.1 Å². The van der Waals surface area contributed by atoms with E-state index in [0.29, 0.717) is 19.8 Å². The Morgan fingerprint density at radius 2 is 2.33 bits per heavy atom. The maximum atomic E-state index is 11.9. The van der Waals surface area contributed by atoms with Gasteiger partial charge in [0.2, 0.25) is 5.91 Å². The minimum atomic E-state index is -0.226. The molecule has 1 atom stereocenters. The first kappa shape index (κ1) is 17.8. The number of hydrogen-bond donors (Lipinski definition) is 2. The lowest BCUT2D eigenvalue weighted by Crippen LogP contribution is -2.51. The Kier molecular flexibility index (Phi) is 7.50. The molecule has 2 rings (SSSR count). The molecule has 1 heterocycles. The van der Waals surface area contributed by atoms with E-state index in [1.165, 1.54) is 0 Å². The number of carbonyl (C=O) groups is 1. The minimum Gasteiger partial charge on any atom is -0.496 e. The molecule has 0 radical (unpaired) electrons. The Morgan fingerprint density at radius 1 is 1.52 bits per heavy atom. The highest BCUT2D eigenvalue weighted by Gasteiger charge is 2.20. The number of rotatable bonds is 5. The summed E-state index contributed by atoms with van der Waals surface area (Å²) in [6.07, 6.45) is 0.788. The predicted octanol–water partition coefficient (Wildman–Crippen LogP) is 1.07. The Labute approximate surface area is 131 Å². The van der Waals surface area contributed by atoms with Gasteiger partial charge < -0.3 is 20.1 Å². The molecule has 0 saturated carbocycles. The zero-order valence-electron chi connectivity index (χ0n) is 12.5. The lowest BCUT2D eigenvalue weighted by atomic mass is 10.1. The van der Waals surface area contributed by atoms with Crippen molar-refractivity contribution in [2.24, 2.45) is 0 Å². The summed E-state index contributed by atoms with van der Waals surface area (Å²) in [7, 11) is 1.67. The van der Waals surface area contributed by atoms with E-state index in [1.54, 1.807) is 7.11 Å². The normalized spacial score (nSPS) is 17.7. The van der Waals surface area contributed by atoms with Crippen molar-refractivity contribution in [2.75, 3.05) is 33.4 Å². The Hall–Kier alpha value is -1.30. The molecule has 1 unspecified atom stereocenters. The second kappa shape index (κ2) is 8.87. The fourth-order valence-electron chi connectivity index (χ4n) is 2.21. The number of aryl methyl sites for hydroxylation is 1. The smallest absolute Gasteiger partial charge is 0.239 e. The van der Waals surface area contributed by atoms with Gasteiger partial charge in [-0.3, -0.25) is 4.79 Å². The molecule has 21 heavy (non-hydrogen) atoms. The molecule has 1 aromatic carbocycles. The van der Waals surface area contributed by atoms with Crippen LogP contribution in [0.4, 0.5) is 0 Å². The van der Waals surface area contributed by atoms with Crippen molar-refractivity contribution in [1.82, 2.24) is 10.6 Å². The number of methoxy groups -OCH3 is 1. The van der Waals surface area contributed by atoms with Crippen molar-refractivity contribution >= 4 is 18.3 Å². The molecule has 0 bridgehead atoms. The molecule has 1 aliphatic rings. The van der Waals surface area contributed by atoms with Crippen molar-refractivity contribution in [3.63, 3.8) is 0 Å². The van der Waals surface area contributed by atoms with Gasteiger partial charge in [-0.2, -0.15) is 0 Å². The fraction of sp³-hybridized carbons (Fsp3) is 0.533. The monoisotopic (exact) mass is 314 g/mol. The highest BCUT2D eigenvalue weighted by atomic mass is 35.5. The van der Waals surface area contributed by atoms with Crippen molar-refractivity contribution in [2.45, 2.75) is 19.4 Å². The lowest BCUT2D eigenvalue weighted by molar-refractivity contribution is -0.125. The summed E-state index contributed by atoms with van der Waals surface area (Å²) >= 11 is 0. The van der Waals surface area contributed by atoms with Crippen LogP contribution in [-0.4, -0.2) is 45.4 Å². The average Bonchev–Trinajstić information content (AvgIpc) is 2.49. The van der Waals surface area contributed by atoms with Crippen LogP contribution in [0.2, 0.25) is 0 Å². The van der Waals surface area contributed by atoms with E-state index in [4.69, 9.17) is 9.47 Å². The van der Waals surface area contributed by atoms with E-state index in [0.717, 1.165) is 29.8 Å². The van der Waals surface area contributed by atoms with Gasteiger partial charge in [0.1, 0.15) is 11.8 Å². The number of amides is 1. The molecule has 5 nitrogen and oxygen atoms in total. The van der Waals surface area contributed by atoms with Crippen molar-refractivity contribution < 1.29 is 14.3 Å². The molecule has 0 aromatic heterocycles. The van der Waals surface area contributed by atoms with Crippen LogP contribution in [0.5, 0.6) is 5.75 Å². The third-order valence-corrected chi connectivity index (χ3v) is 3.42. The number of nitrogens with one attached hydrogen (secondary N) is 2. The first-order chi connectivity index (χ1) is 9.70. The van der Waals surface area contributed by atoms with Crippen LogP contribution >= 0.6 is 12.4 Å². The van der Waals surface area contributed by atoms with Gasteiger partial charge in [0.15, 0.2) is 0 Å². The minimum absolute atomic E-state index is 0. The van der Waals surface area contributed by atoms with E-state index < -0.39 is 0 Å². The van der Waals surface area contributed by atoms with E-state index in [-0.39, 0.29) is 24.4 Å². The van der Waals surface area contributed by atoms with Crippen LogP contribution in [0, 0.1) is 6.92 Å². The van der Waals surface area contributed by atoms with Crippen LogP contribution in [0.15, 0.2) is 18.2 Å². The molecule has 1 saturated heterocycles. The zero-order valence-corrected chi connectivity index (χ0v) is 13.3. The van der Waals surface area contributed by atoms with Crippen LogP contribution < -0.4 is 15.4 Å². The summed E-state index contributed by atoms with van der Waals surface area (Å²) in [4.78, 5) is 11.9. The fourth-order valence-corrected chi connectivity index (χ4v) is 2.21. The van der Waals surface area contributed by atoms with E-state index in [9.17, 15) is 4.79 Å². The van der Waals surface area contributed by atoms with E-state index in [1.807, 2.05) is 19.1 Å². The average molecular weight is 315 g/mol. The summed E-state index contributed by atoms with van der Waals surface area (Å²) in [6.45, 7) is 4.48. The SMILES string of the molecule is COc1cc(CCNC(=O)C2COCCN2)ccc1C.Cl. The number of benzene rings is 1. The number of morpholine rings is 1. The van der Waals surface area contributed by atoms with Crippen LogP contribution in [0.1, 0.15) is 11.1 Å². The number of ether oxygens (including phenoxy) is 2. The summed E-state index contributed by atoms with van der Waals surface area (Å²) < 4.78 is 10.6. The highest BCUT2D eigenvalue weighted by Crippen LogP contribution is 2.18. The molecular formula is C15H23ClN2O3. The number of hydrogen-bond acceptors (Lipinski definition) is 4. The van der Waals surface area contributed by atoms with Gasteiger partial charge in [-0.05, 0) is 30.5 Å². The maximum absolute atomic E-state index is 11.9. The third kappa shape index (κ3) is 5.19. The molecule has 6 heteroatoms. The molecule has 0 aliphatic carbocycles. The molecule has 1 amide bonds. The summed E-state index contributed by atoms with van der Waals surface area (Å²) in [5.74, 6) is 0.889. The zero-order chi connectivity index (χ0) is 14.4. The first-order valence-electron chi connectivity index (χ1n) is 6.93. The quantitative estimate of drug-likeness (QED) is 0.853.